The monoisotopic (exact) mass is 608 g/mol. The highest BCUT2D eigenvalue weighted by molar-refractivity contribution is 8.07. The predicted molar refractivity (Wildman–Crippen MR) is 188 cm³/mol. The number of rotatable bonds is 2. The van der Waals surface area contributed by atoms with Crippen LogP contribution in [0.2, 0.25) is 0 Å². The van der Waals surface area contributed by atoms with Crippen molar-refractivity contribution < 1.29 is 0 Å². The summed E-state index contributed by atoms with van der Waals surface area (Å²) in [6.45, 7) is 13.0. The van der Waals surface area contributed by atoms with Crippen molar-refractivity contribution in [1.82, 2.24) is 9.97 Å². The maximum absolute atomic E-state index is 5.08. The summed E-state index contributed by atoms with van der Waals surface area (Å²) in [4.78, 5) is 17.6. The Hall–Kier alpha value is -4.26. The zero-order chi connectivity index (χ0) is 30.3. The van der Waals surface area contributed by atoms with Gasteiger partial charge in [-0.3, -0.25) is 19.8 Å². The molecule has 0 fully saturated rings. The highest BCUT2D eigenvalue weighted by atomic mass is 32.2. The standard InChI is InChI=1S/C38H32N4S2/c1-21-17-31-33(19-23(21)3)43-37(41(31)29-11-7-9-27-15-13-25(5)39-35(27)29)38-42(32-18-22(2)24(4)20-34(32)44-38)30-12-8-10-28-16-14-26(6)40-36(28)30/h7-20H,1-6H3/b38-37+. The van der Waals surface area contributed by atoms with Crippen molar-refractivity contribution in [3.8, 4) is 0 Å². The van der Waals surface area contributed by atoms with Crippen LogP contribution in [-0.2, 0) is 0 Å². The Bertz CT molecular complexity index is 2060. The maximum Gasteiger partial charge on any atom is 0.116 e. The van der Waals surface area contributed by atoms with Gasteiger partial charge in [0.15, 0.2) is 0 Å². The van der Waals surface area contributed by atoms with Crippen LogP contribution in [0.4, 0.5) is 22.7 Å². The fourth-order valence-corrected chi connectivity index (χ4v) is 8.74. The molecule has 2 aliphatic heterocycles. The molecule has 0 atom stereocenters. The summed E-state index contributed by atoms with van der Waals surface area (Å²) in [7, 11) is 0. The lowest BCUT2D eigenvalue weighted by molar-refractivity contribution is 1.16. The van der Waals surface area contributed by atoms with E-state index in [1.807, 2.05) is 23.5 Å². The van der Waals surface area contributed by atoms with Crippen molar-refractivity contribution in [2.45, 2.75) is 51.3 Å². The number of aromatic nitrogens is 2. The molecule has 4 heterocycles. The summed E-state index contributed by atoms with van der Waals surface area (Å²) < 4.78 is 0. The van der Waals surface area contributed by atoms with Crippen LogP contribution in [0.15, 0.2) is 105 Å². The number of hydrogen-bond donors (Lipinski definition) is 0. The molecule has 8 rings (SSSR count). The zero-order valence-corrected chi connectivity index (χ0v) is 27.3. The second kappa shape index (κ2) is 10.1. The summed E-state index contributed by atoms with van der Waals surface area (Å²) >= 11 is 3.71. The van der Waals surface area contributed by atoms with Gasteiger partial charge in [0.1, 0.15) is 10.1 Å². The highest BCUT2D eigenvalue weighted by Gasteiger charge is 2.38. The molecule has 0 radical (unpaired) electrons. The molecule has 0 unspecified atom stereocenters. The van der Waals surface area contributed by atoms with Crippen molar-refractivity contribution in [3.05, 3.63) is 129 Å². The minimum absolute atomic E-state index is 1.01. The molecular formula is C38H32N4S2. The molecule has 0 saturated heterocycles. The number of anilines is 4. The summed E-state index contributed by atoms with van der Waals surface area (Å²) in [5.74, 6) is 0. The van der Waals surface area contributed by atoms with Crippen LogP contribution in [0.3, 0.4) is 0 Å². The number of pyridine rings is 2. The molecule has 0 amide bonds. The van der Waals surface area contributed by atoms with E-state index in [1.54, 1.807) is 0 Å². The molecule has 4 aromatic carbocycles. The van der Waals surface area contributed by atoms with Crippen LogP contribution in [0, 0.1) is 41.5 Å². The number of benzene rings is 4. The summed E-state index contributed by atoms with van der Waals surface area (Å²) in [5.41, 5.74) is 13.8. The maximum atomic E-state index is 5.08. The normalized spacial score (nSPS) is 15.9. The first kappa shape index (κ1) is 27.3. The number of fused-ring (bicyclic) bond motifs is 4. The quantitative estimate of drug-likeness (QED) is 0.194. The number of nitrogens with zero attached hydrogens (tertiary/aromatic N) is 4. The Labute approximate surface area is 266 Å². The molecular weight excluding hydrogens is 577 g/mol. The first-order chi connectivity index (χ1) is 21.3. The van der Waals surface area contributed by atoms with Crippen LogP contribution >= 0.6 is 23.5 Å². The fourth-order valence-electron chi connectivity index (χ4n) is 6.16. The Morgan fingerprint density at radius 3 is 1.30 bits per heavy atom. The van der Waals surface area contributed by atoms with Gasteiger partial charge in [-0.2, -0.15) is 0 Å². The second-order valence-corrected chi connectivity index (χ2v) is 14.0. The van der Waals surface area contributed by atoms with E-state index in [-0.39, 0.29) is 0 Å². The van der Waals surface area contributed by atoms with Crippen molar-refractivity contribution in [2.75, 3.05) is 9.80 Å². The van der Waals surface area contributed by atoms with E-state index in [2.05, 4.69) is 136 Å². The van der Waals surface area contributed by atoms with Gasteiger partial charge in [0.2, 0.25) is 0 Å². The van der Waals surface area contributed by atoms with E-state index in [9.17, 15) is 0 Å². The number of thioether (sulfide) groups is 2. The lowest BCUT2D eigenvalue weighted by Crippen LogP contribution is -2.19. The van der Waals surface area contributed by atoms with E-state index in [0.29, 0.717) is 0 Å². The average Bonchev–Trinajstić information content (AvgIpc) is 3.54. The van der Waals surface area contributed by atoms with E-state index in [0.717, 1.165) is 44.6 Å². The smallest absolute Gasteiger partial charge is 0.116 e. The van der Waals surface area contributed by atoms with Crippen LogP contribution in [0.25, 0.3) is 21.8 Å². The van der Waals surface area contributed by atoms with Crippen LogP contribution in [-0.4, -0.2) is 9.97 Å². The van der Waals surface area contributed by atoms with Gasteiger partial charge in [0.05, 0.1) is 33.8 Å². The van der Waals surface area contributed by atoms with Crippen LogP contribution < -0.4 is 9.80 Å². The van der Waals surface area contributed by atoms with Gasteiger partial charge in [-0.15, -0.1) is 0 Å². The molecule has 0 aliphatic carbocycles. The van der Waals surface area contributed by atoms with Crippen molar-refractivity contribution in [2.24, 2.45) is 0 Å². The summed E-state index contributed by atoms with van der Waals surface area (Å²) in [6.07, 6.45) is 0. The third kappa shape index (κ3) is 4.23. The molecule has 2 aromatic heterocycles. The number of aryl methyl sites for hydroxylation is 6. The minimum atomic E-state index is 1.01. The zero-order valence-electron chi connectivity index (χ0n) is 25.7. The van der Waals surface area contributed by atoms with Gasteiger partial charge in [-0.05, 0) is 112 Å². The molecule has 0 spiro atoms. The van der Waals surface area contributed by atoms with Crippen molar-refractivity contribution in [3.63, 3.8) is 0 Å². The molecule has 4 nitrogen and oxygen atoms in total. The Morgan fingerprint density at radius 2 is 0.864 bits per heavy atom. The van der Waals surface area contributed by atoms with E-state index in [1.165, 1.54) is 53.5 Å². The third-order valence-electron chi connectivity index (χ3n) is 8.79. The van der Waals surface area contributed by atoms with Crippen molar-refractivity contribution >= 4 is 68.1 Å². The highest BCUT2D eigenvalue weighted by Crippen LogP contribution is 2.60. The molecule has 0 bridgehead atoms. The van der Waals surface area contributed by atoms with Gasteiger partial charge in [-0.1, -0.05) is 59.9 Å². The van der Waals surface area contributed by atoms with Gasteiger partial charge < -0.3 is 0 Å². The molecule has 6 aromatic rings. The van der Waals surface area contributed by atoms with E-state index >= 15 is 0 Å². The minimum Gasteiger partial charge on any atom is -0.299 e. The third-order valence-corrected chi connectivity index (χ3v) is 11.2. The van der Waals surface area contributed by atoms with E-state index in [4.69, 9.17) is 9.97 Å². The molecule has 6 heteroatoms. The largest absolute Gasteiger partial charge is 0.299 e. The lowest BCUT2D eigenvalue weighted by atomic mass is 10.1. The average molecular weight is 609 g/mol. The summed E-state index contributed by atoms with van der Waals surface area (Å²) in [5, 5.41) is 4.64. The molecule has 0 N–H and O–H groups in total. The lowest BCUT2D eigenvalue weighted by Gasteiger charge is -2.28. The number of hydrogen-bond acceptors (Lipinski definition) is 6. The fraction of sp³-hybridized carbons (Fsp3) is 0.158. The predicted octanol–water partition coefficient (Wildman–Crippen LogP) is 10.9. The molecule has 44 heavy (non-hydrogen) atoms. The van der Waals surface area contributed by atoms with E-state index < -0.39 is 0 Å². The second-order valence-electron chi connectivity index (χ2n) is 11.9. The Morgan fingerprint density at radius 1 is 0.455 bits per heavy atom. The summed E-state index contributed by atoms with van der Waals surface area (Å²) in [6, 6.07) is 31.0. The first-order valence-corrected chi connectivity index (χ1v) is 16.6. The number of para-hydroxylation sites is 2. The Balaban J connectivity index is 1.46. The van der Waals surface area contributed by atoms with Crippen molar-refractivity contribution in [1.29, 1.82) is 0 Å². The van der Waals surface area contributed by atoms with Gasteiger partial charge >= 0.3 is 0 Å². The topological polar surface area (TPSA) is 32.3 Å². The molecule has 2 aliphatic rings. The molecule has 0 saturated carbocycles. The molecule has 216 valence electrons. The van der Waals surface area contributed by atoms with Gasteiger partial charge in [0.25, 0.3) is 0 Å². The van der Waals surface area contributed by atoms with Gasteiger partial charge in [0, 0.05) is 32.0 Å². The SMILES string of the molecule is Cc1ccc2cccc(N3/C(=C4\Sc5cc(C)c(C)cc5N4c4cccc5ccc(C)nc45)Sc4cc(C)c(C)cc43)c2n1. The van der Waals surface area contributed by atoms with Gasteiger partial charge in [-0.25, -0.2) is 0 Å². The Kier molecular flexibility index (Phi) is 6.30. The first-order valence-electron chi connectivity index (χ1n) is 14.9. The van der Waals surface area contributed by atoms with Crippen LogP contribution in [0.1, 0.15) is 33.6 Å². The van der Waals surface area contributed by atoms with Crippen LogP contribution in [0.5, 0.6) is 0 Å².